The van der Waals surface area contributed by atoms with Gasteiger partial charge in [-0.3, -0.25) is 9.59 Å². The number of nitrogens with one attached hydrogen (secondary N) is 1. The molecule has 1 saturated heterocycles. The molecule has 2 aromatic carbocycles. The van der Waals surface area contributed by atoms with Gasteiger partial charge in [-0.25, -0.2) is 4.98 Å². The fourth-order valence-corrected chi connectivity index (χ4v) is 6.14. The van der Waals surface area contributed by atoms with E-state index in [1.165, 1.54) is 24.2 Å². The molecule has 41 heavy (non-hydrogen) atoms. The van der Waals surface area contributed by atoms with E-state index in [4.69, 9.17) is 5.26 Å². The zero-order valence-electron chi connectivity index (χ0n) is 23.5. The van der Waals surface area contributed by atoms with Crippen molar-refractivity contribution in [2.75, 3.05) is 31.1 Å². The summed E-state index contributed by atoms with van der Waals surface area (Å²) in [6.45, 7) is 6.83. The molecule has 4 aromatic rings. The molecule has 1 N–H and O–H groups in total. The Hall–Kier alpha value is -4.00. The molecule has 0 saturated carbocycles. The lowest BCUT2D eigenvalue weighted by Gasteiger charge is -2.24. The van der Waals surface area contributed by atoms with Crippen LogP contribution in [0.1, 0.15) is 65.5 Å². The first-order valence-corrected chi connectivity index (χ1v) is 15.2. The number of anilines is 1. The quantitative estimate of drug-likeness (QED) is 0.241. The molecule has 0 atom stereocenters. The molecule has 2 aromatic heterocycles. The topological polar surface area (TPSA) is 94.3 Å². The minimum Gasteiger partial charge on any atom is -0.350 e. The van der Waals surface area contributed by atoms with E-state index in [1.54, 1.807) is 12.5 Å². The van der Waals surface area contributed by atoms with Crippen molar-refractivity contribution < 1.29 is 9.59 Å². The zero-order chi connectivity index (χ0) is 28.6. The van der Waals surface area contributed by atoms with Gasteiger partial charge < -0.3 is 19.7 Å². The first kappa shape index (κ1) is 28.5. The molecule has 0 bridgehead atoms. The van der Waals surface area contributed by atoms with Gasteiger partial charge in [-0.05, 0) is 79.7 Å². The molecule has 3 heterocycles. The van der Waals surface area contributed by atoms with E-state index in [9.17, 15) is 9.59 Å². The van der Waals surface area contributed by atoms with Gasteiger partial charge in [-0.15, -0.1) is 11.3 Å². The van der Waals surface area contributed by atoms with Gasteiger partial charge in [0.15, 0.2) is 0 Å². The SMILES string of the molecule is CCCCC(=O)N(Cc1cncn1Cc1ccc(C#N)cc1)c1ccc2sc(C(=O)NCCN3CCCC3)cc2c1. The number of imidazole rings is 1. The molecular weight excluding hydrogens is 532 g/mol. The van der Waals surface area contributed by atoms with E-state index < -0.39 is 0 Å². The molecule has 0 unspecified atom stereocenters. The van der Waals surface area contributed by atoms with Gasteiger partial charge >= 0.3 is 0 Å². The summed E-state index contributed by atoms with van der Waals surface area (Å²) >= 11 is 1.48. The van der Waals surface area contributed by atoms with Gasteiger partial charge in [0.2, 0.25) is 5.91 Å². The molecule has 212 valence electrons. The first-order chi connectivity index (χ1) is 20.0. The minimum absolute atomic E-state index is 0.0467. The highest BCUT2D eigenvalue weighted by Gasteiger charge is 2.20. The van der Waals surface area contributed by atoms with E-state index in [0.717, 1.165) is 59.5 Å². The summed E-state index contributed by atoms with van der Waals surface area (Å²) in [5, 5.41) is 13.1. The number of likely N-dealkylation sites (tertiary alicyclic amines) is 1. The van der Waals surface area contributed by atoms with Crippen molar-refractivity contribution >= 4 is 38.9 Å². The lowest BCUT2D eigenvalue weighted by atomic mass is 10.1. The van der Waals surface area contributed by atoms with Crippen molar-refractivity contribution in [3.63, 3.8) is 0 Å². The molecule has 9 heteroatoms. The summed E-state index contributed by atoms with van der Waals surface area (Å²) in [7, 11) is 0. The van der Waals surface area contributed by atoms with Crippen LogP contribution in [-0.2, 0) is 17.9 Å². The molecule has 1 aliphatic heterocycles. The third-order valence-electron chi connectivity index (χ3n) is 7.55. The summed E-state index contributed by atoms with van der Waals surface area (Å²) < 4.78 is 3.06. The molecule has 0 aliphatic carbocycles. The predicted molar refractivity (Wildman–Crippen MR) is 163 cm³/mol. The van der Waals surface area contributed by atoms with Crippen LogP contribution >= 0.6 is 11.3 Å². The largest absolute Gasteiger partial charge is 0.350 e. The van der Waals surface area contributed by atoms with E-state index in [1.807, 2.05) is 58.0 Å². The normalized spacial score (nSPS) is 13.4. The molecule has 1 aliphatic rings. The van der Waals surface area contributed by atoms with Gasteiger partial charge in [0.1, 0.15) is 0 Å². The first-order valence-electron chi connectivity index (χ1n) is 14.4. The van der Waals surface area contributed by atoms with Gasteiger partial charge in [0, 0.05) is 42.6 Å². The minimum atomic E-state index is -0.0467. The second-order valence-electron chi connectivity index (χ2n) is 10.5. The van der Waals surface area contributed by atoms with Crippen LogP contribution in [-0.4, -0.2) is 52.4 Å². The highest BCUT2D eigenvalue weighted by atomic mass is 32.1. The number of hydrogen-bond acceptors (Lipinski definition) is 6. The van der Waals surface area contributed by atoms with Gasteiger partial charge in [-0.2, -0.15) is 5.26 Å². The van der Waals surface area contributed by atoms with Crippen LogP contribution in [0.4, 0.5) is 5.69 Å². The summed E-state index contributed by atoms with van der Waals surface area (Å²) in [6.07, 6.45) is 8.29. The van der Waals surface area contributed by atoms with Crippen molar-refractivity contribution in [3.8, 4) is 6.07 Å². The number of unbranched alkanes of at least 4 members (excludes halogenated alkanes) is 1. The number of rotatable bonds is 12. The van der Waals surface area contributed by atoms with Crippen LogP contribution in [0.2, 0.25) is 0 Å². The van der Waals surface area contributed by atoms with E-state index in [2.05, 4.69) is 28.2 Å². The number of amides is 2. The fourth-order valence-electron chi connectivity index (χ4n) is 5.18. The molecule has 0 radical (unpaired) electrons. The maximum atomic E-state index is 13.4. The highest BCUT2D eigenvalue weighted by molar-refractivity contribution is 7.20. The fraction of sp³-hybridized carbons (Fsp3) is 0.375. The van der Waals surface area contributed by atoms with Crippen molar-refractivity contribution in [2.24, 2.45) is 0 Å². The van der Waals surface area contributed by atoms with Crippen LogP contribution < -0.4 is 10.2 Å². The molecular formula is C32H36N6O2S. The van der Waals surface area contributed by atoms with Crippen LogP contribution in [0.5, 0.6) is 0 Å². The molecule has 2 amide bonds. The number of carbonyl (C=O) groups is 2. The van der Waals surface area contributed by atoms with Crippen LogP contribution in [0.3, 0.4) is 0 Å². The van der Waals surface area contributed by atoms with E-state index >= 15 is 0 Å². The predicted octanol–water partition coefficient (Wildman–Crippen LogP) is 5.57. The van der Waals surface area contributed by atoms with E-state index in [-0.39, 0.29) is 11.8 Å². The number of carbonyl (C=O) groups excluding carboxylic acids is 2. The summed E-state index contributed by atoms with van der Waals surface area (Å²) in [5.74, 6) is 0.0157. The highest BCUT2D eigenvalue weighted by Crippen LogP contribution is 2.31. The summed E-state index contributed by atoms with van der Waals surface area (Å²) in [5.41, 5.74) is 3.41. The zero-order valence-corrected chi connectivity index (χ0v) is 24.3. The van der Waals surface area contributed by atoms with Gasteiger partial charge in [0.25, 0.3) is 5.91 Å². The summed E-state index contributed by atoms with van der Waals surface area (Å²) in [4.78, 5) is 35.6. The summed E-state index contributed by atoms with van der Waals surface area (Å²) in [6, 6.07) is 17.6. The van der Waals surface area contributed by atoms with E-state index in [0.29, 0.717) is 36.5 Å². The second-order valence-corrected chi connectivity index (χ2v) is 11.6. The Morgan fingerprint density at radius 1 is 1.12 bits per heavy atom. The third-order valence-corrected chi connectivity index (χ3v) is 8.66. The number of hydrogen-bond donors (Lipinski definition) is 1. The average Bonchev–Trinajstić information content (AvgIpc) is 3.76. The van der Waals surface area contributed by atoms with Crippen LogP contribution in [0, 0.1) is 11.3 Å². The Kier molecular flexibility index (Phi) is 9.44. The van der Waals surface area contributed by atoms with Gasteiger partial charge in [0.05, 0.1) is 35.1 Å². The lowest BCUT2D eigenvalue weighted by Crippen LogP contribution is -2.33. The molecule has 0 spiro atoms. The van der Waals surface area contributed by atoms with Gasteiger partial charge in [-0.1, -0.05) is 25.5 Å². The second kappa shape index (κ2) is 13.6. The number of aromatic nitrogens is 2. The third kappa shape index (κ3) is 7.20. The van der Waals surface area contributed by atoms with Crippen molar-refractivity contribution in [2.45, 2.75) is 52.1 Å². The number of fused-ring (bicyclic) bond motifs is 1. The Morgan fingerprint density at radius 3 is 2.68 bits per heavy atom. The molecule has 1 fully saturated rings. The molecule has 5 rings (SSSR count). The Balaban J connectivity index is 1.33. The maximum absolute atomic E-state index is 13.4. The van der Waals surface area contributed by atoms with Crippen LogP contribution in [0.25, 0.3) is 10.1 Å². The van der Waals surface area contributed by atoms with Crippen molar-refractivity contribution in [1.29, 1.82) is 5.26 Å². The monoisotopic (exact) mass is 568 g/mol. The Morgan fingerprint density at radius 2 is 1.93 bits per heavy atom. The van der Waals surface area contributed by atoms with Crippen LogP contribution in [0.15, 0.2) is 61.1 Å². The standard InChI is InChI=1S/C32H36N6O2S/c1-2-3-6-31(39)38(22-28-20-34-23-37(28)21-25-9-7-24(19-33)8-10-25)27-11-12-29-26(17-27)18-30(41-29)32(40)35-13-16-36-14-4-5-15-36/h7-12,17-18,20,23H,2-6,13-16,21-22H2,1H3,(H,35,40). The number of thiophene rings is 1. The maximum Gasteiger partial charge on any atom is 0.261 e. The van der Waals surface area contributed by atoms with Crippen molar-refractivity contribution in [3.05, 3.63) is 82.8 Å². The smallest absolute Gasteiger partial charge is 0.261 e. The Labute approximate surface area is 245 Å². The molecule has 8 nitrogen and oxygen atoms in total. The van der Waals surface area contributed by atoms with Crippen molar-refractivity contribution in [1.82, 2.24) is 19.8 Å². The average molecular weight is 569 g/mol. The number of nitrogens with zero attached hydrogens (tertiary/aromatic N) is 5. The Bertz CT molecular complexity index is 1530. The number of nitriles is 1. The lowest BCUT2D eigenvalue weighted by molar-refractivity contribution is -0.118. The number of benzene rings is 2.